The van der Waals surface area contributed by atoms with Crippen LogP contribution in [0.4, 0.5) is 0 Å². The van der Waals surface area contributed by atoms with Gasteiger partial charge in [0.1, 0.15) is 0 Å². The average molecular weight is 320 g/mol. The van der Waals surface area contributed by atoms with Crippen molar-refractivity contribution < 1.29 is 13.5 Å². The predicted molar refractivity (Wildman–Crippen MR) is 87.6 cm³/mol. The molecule has 0 amide bonds. The molecule has 0 bridgehead atoms. The molecule has 0 spiro atoms. The molecule has 0 radical (unpaired) electrons. The molecular weight excluding hydrogens is 286 g/mol. The highest BCUT2D eigenvalue weighted by Crippen LogP contribution is 2.32. The molecule has 1 rings (SSSR count). The fourth-order valence-electron chi connectivity index (χ4n) is 3.33. The van der Waals surface area contributed by atoms with Crippen LogP contribution in [0.2, 0.25) is 0 Å². The molecule has 4 nitrogen and oxygen atoms in total. The van der Waals surface area contributed by atoms with Crippen molar-refractivity contribution in [2.45, 2.75) is 88.9 Å². The third-order valence-corrected chi connectivity index (χ3v) is 7.34. The van der Waals surface area contributed by atoms with E-state index in [1.807, 2.05) is 13.8 Å². The van der Waals surface area contributed by atoms with Crippen LogP contribution in [0, 0.1) is 11.8 Å². The van der Waals surface area contributed by atoms with Crippen LogP contribution in [0.5, 0.6) is 0 Å². The molecule has 5 heteroatoms. The Bertz CT molecular complexity index is 406. The average Bonchev–Trinajstić information content (AvgIpc) is 2.35. The molecule has 0 aliphatic heterocycles. The maximum Gasteiger partial charge on any atom is 0.183 e. The van der Waals surface area contributed by atoms with E-state index in [-0.39, 0.29) is 12.0 Å². The Kier molecular flexibility index (Phi) is 6.69. The minimum Gasteiger partial charge on any atom is -0.375 e. The second-order valence-corrected chi connectivity index (χ2v) is 10.3. The summed E-state index contributed by atoms with van der Waals surface area (Å²) >= 11 is 0. The van der Waals surface area contributed by atoms with E-state index >= 15 is 0 Å². The van der Waals surface area contributed by atoms with E-state index < -0.39 is 20.0 Å². The molecule has 1 aliphatic carbocycles. The summed E-state index contributed by atoms with van der Waals surface area (Å²) in [6.07, 6.45) is 7.32. The predicted octanol–water partition coefficient (Wildman–Crippen LogP) is 2.84. The van der Waals surface area contributed by atoms with Crippen LogP contribution in [0.3, 0.4) is 0 Å². The summed E-state index contributed by atoms with van der Waals surface area (Å²) in [5.41, 5.74) is 6.29. The Balaban J connectivity index is 2.86. The van der Waals surface area contributed by atoms with Crippen LogP contribution < -0.4 is 5.73 Å². The van der Waals surface area contributed by atoms with E-state index in [1.165, 1.54) is 33.1 Å². The highest BCUT2D eigenvalue weighted by Gasteiger charge is 2.42. The molecule has 0 aromatic rings. The highest BCUT2D eigenvalue weighted by molar-refractivity contribution is 7.93. The van der Waals surface area contributed by atoms with Crippen molar-refractivity contribution in [1.82, 2.24) is 0 Å². The fraction of sp³-hybridized carbons (Fsp3) is 1.00. The van der Waals surface area contributed by atoms with Gasteiger partial charge in [-0.15, -0.1) is 0 Å². The van der Waals surface area contributed by atoms with Gasteiger partial charge in [-0.2, -0.15) is 0 Å². The van der Waals surface area contributed by atoms with Crippen molar-refractivity contribution >= 4 is 9.84 Å². The van der Waals surface area contributed by atoms with Crippen molar-refractivity contribution in [1.29, 1.82) is 0 Å². The summed E-state index contributed by atoms with van der Waals surface area (Å²) in [5, 5.41) is 9.39. The number of sulfone groups is 1. The molecule has 3 N–H and O–H groups in total. The lowest BCUT2D eigenvalue weighted by Gasteiger charge is -2.33. The number of hydrogen-bond donors (Lipinski definition) is 2. The van der Waals surface area contributed by atoms with Crippen LogP contribution in [-0.2, 0) is 9.84 Å². The zero-order chi connectivity index (χ0) is 16.3. The Labute approximate surface area is 130 Å². The van der Waals surface area contributed by atoms with Crippen LogP contribution >= 0.6 is 0 Å². The molecule has 21 heavy (non-hydrogen) atoms. The lowest BCUT2D eigenvalue weighted by molar-refractivity contribution is 0.161. The van der Waals surface area contributed by atoms with Crippen LogP contribution in [0.25, 0.3) is 0 Å². The molecule has 2 atom stereocenters. The smallest absolute Gasteiger partial charge is 0.183 e. The highest BCUT2D eigenvalue weighted by atomic mass is 32.2. The molecule has 0 saturated heterocycles. The Morgan fingerprint density at radius 2 is 1.71 bits per heavy atom. The first-order valence-electron chi connectivity index (χ1n) is 8.27. The monoisotopic (exact) mass is 319 g/mol. The topological polar surface area (TPSA) is 80.4 Å². The summed E-state index contributed by atoms with van der Waals surface area (Å²) in [5.74, 6) is 0.782. The zero-order valence-corrected chi connectivity index (χ0v) is 14.8. The van der Waals surface area contributed by atoms with Gasteiger partial charge in [-0.3, -0.25) is 0 Å². The van der Waals surface area contributed by atoms with Gasteiger partial charge >= 0.3 is 0 Å². The fourth-order valence-corrected chi connectivity index (χ4v) is 5.28. The van der Waals surface area contributed by atoms with Gasteiger partial charge in [0.15, 0.2) is 14.8 Å². The largest absolute Gasteiger partial charge is 0.375 e. The van der Waals surface area contributed by atoms with Crippen molar-refractivity contribution in [3.63, 3.8) is 0 Å². The first-order chi connectivity index (χ1) is 9.55. The Morgan fingerprint density at radius 3 is 2.14 bits per heavy atom. The van der Waals surface area contributed by atoms with Crippen LogP contribution in [0.1, 0.15) is 72.6 Å². The molecule has 126 valence electrons. The van der Waals surface area contributed by atoms with E-state index in [0.29, 0.717) is 12.3 Å². The van der Waals surface area contributed by atoms with Gasteiger partial charge in [-0.05, 0) is 38.5 Å². The van der Waals surface area contributed by atoms with Gasteiger partial charge in [0.2, 0.25) is 0 Å². The van der Waals surface area contributed by atoms with Gasteiger partial charge in [0, 0.05) is 6.04 Å². The van der Waals surface area contributed by atoms with Crippen molar-refractivity contribution in [2.75, 3.05) is 0 Å². The minimum absolute atomic E-state index is 0.240. The summed E-state index contributed by atoms with van der Waals surface area (Å²) < 4.78 is 25.3. The van der Waals surface area contributed by atoms with Crippen LogP contribution in [-0.4, -0.2) is 29.7 Å². The molecule has 0 heterocycles. The van der Waals surface area contributed by atoms with Gasteiger partial charge in [0.05, 0.1) is 5.25 Å². The molecule has 1 saturated carbocycles. The van der Waals surface area contributed by atoms with Crippen molar-refractivity contribution in [3.8, 4) is 0 Å². The minimum atomic E-state index is -3.65. The number of hydrogen-bond acceptors (Lipinski definition) is 4. The third-order valence-electron chi connectivity index (χ3n) is 4.61. The summed E-state index contributed by atoms with van der Waals surface area (Å²) in [4.78, 5) is -1.73. The Hall–Kier alpha value is -0.130. The first-order valence-corrected chi connectivity index (χ1v) is 9.81. The standard InChI is InChI=1S/C16H33NO3S/c1-12(2)10-15(21(19,20)16(3,4)18)14(17)11-13-8-6-5-7-9-13/h12-15,18H,5-11,17H2,1-4H3. The quantitative estimate of drug-likeness (QED) is 0.756. The summed E-state index contributed by atoms with van der Waals surface area (Å²) in [7, 11) is -3.65. The van der Waals surface area contributed by atoms with Gasteiger partial charge < -0.3 is 10.8 Å². The van der Waals surface area contributed by atoms with E-state index in [2.05, 4.69) is 0 Å². The maximum atomic E-state index is 12.6. The maximum absolute atomic E-state index is 12.6. The molecule has 2 unspecified atom stereocenters. The molecule has 0 aromatic heterocycles. The molecule has 0 aromatic carbocycles. The molecule has 1 aliphatic rings. The van der Waals surface area contributed by atoms with Crippen LogP contribution in [0.15, 0.2) is 0 Å². The van der Waals surface area contributed by atoms with Gasteiger partial charge in [-0.25, -0.2) is 8.42 Å². The summed E-state index contributed by atoms with van der Waals surface area (Å²) in [6, 6.07) is -0.382. The Morgan fingerprint density at radius 1 is 1.19 bits per heavy atom. The number of nitrogens with two attached hydrogens (primary N) is 1. The third kappa shape index (κ3) is 5.22. The van der Waals surface area contributed by atoms with Gasteiger partial charge in [-0.1, -0.05) is 46.0 Å². The molecule has 1 fully saturated rings. The first kappa shape index (κ1) is 18.9. The van der Waals surface area contributed by atoms with E-state index in [9.17, 15) is 13.5 Å². The second-order valence-electron chi connectivity index (χ2n) is 7.56. The van der Waals surface area contributed by atoms with Crippen molar-refractivity contribution in [2.24, 2.45) is 17.6 Å². The molecular formula is C16H33NO3S. The lowest BCUT2D eigenvalue weighted by atomic mass is 9.83. The number of aliphatic hydroxyl groups is 1. The SMILES string of the molecule is CC(C)CC(C(N)CC1CCCCC1)S(=O)(=O)C(C)(C)O. The normalized spacial score (nSPS) is 21.5. The zero-order valence-electron chi connectivity index (χ0n) is 14.0. The van der Waals surface area contributed by atoms with Gasteiger partial charge in [0.25, 0.3) is 0 Å². The van der Waals surface area contributed by atoms with E-state index in [1.54, 1.807) is 0 Å². The lowest BCUT2D eigenvalue weighted by Crippen LogP contribution is -2.49. The van der Waals surface area contributed by atoms with E-state index in [0.717, 1.165) is 19.3 Å². The van der Waals surface area contributed by atoms with E-state index in [4.69, 9.17) is 5.73 Å². The number of rotatable bonds is 7. The second kappa shape index (κ2) is 7.42. The van der Waals surface area contributed by atoms with Crippen molar-refractivity contribution in [3.05, 3.63) is 0 Å². The summed E-state index contributed by atoms with van der Waals surface area (Å²) in [6.45, 7) is 6.70.